The molecule has 0 spiro atoms. The lowest BCUT2D eigenvalue weighted by Gasteiger charge is -2.31. The average molecular weight is 289 g/mol. The summed E-state index contributed by atoms with van der Waals surface area (Å²) in [5.74, 6) is 1.69. The number of benzene rings is 1. The quantitative estimate of drug-likeness (QED) is 0.894. The first-order valence-corrected chi connectivity index (χ1v) is 8.34. The lowest BCUT2D eigenvalue weighted by atomic mass is 9.85. The van der Waals surface area contributed by atoms with Crippen molar-refractivity contribution in [3.8, 4) is 5.75 Å². The van der Waals surface area contributed by atoms with E-state index in [1.807, 2.05) is 0 Å². The highest BCUT2D eigenvalue weighted by Crippen LogP contribution is 2.33. The van der Waals surface area contributed by atoms with E-state index in [0.717, 1.165) is 43.9 Å². The maximum atomic E-state index is 9.60. The van der Waals surface area contributed by atoms with Crippen molar-refractivity contribution in [2.24, 2.45) is 5.92 Å². The monoisotopic (exact) mass is 289 g/mol. The summed E-state index contributed by atoms with van der Waals surface area (Å²) in [7, 11) is 1.74. The maximum absolute atomic E-state index is 9.60. The van der Waals surface area contributed by atoms with Gasteiger partial charge in [0.2, 0.25) is 0 Å². The van der Waals surface area contributed by atoms with Crippen LogP contribution in [0.15, 0.2) is 18.2 Å². The predicted molar refractivity (Wildman–Crippen MR) is 84.6 cm³/mol. The standard InChI is InChI=1S/C18H27NO2/c1-21-16-10-7-14-3-2-4-18(17(14)11-16)19-12-13-5-8-15(20)9-6-13/h7,10-11,13,15,18-20H,2-6,8-9,12H2,1H3. The zero-order valence-electron chi connectivity index (χ0n) is 13.0. The van der Waals surface area contributed by atoms with Crippen LogP contribution in [0, 0.1) is 5.92 Å². The van der Waals surface area contributed by atoms with Crippen LogP contribution in [-0.4, -0.2) is 24.9 Å². The summed E-state index contributed by atoms with van der Waals surface area (Å²) in [6, 6.07) is 6.97. The van der Waals surface area contributed by atoms with E-state index < -0.39 is 0 Å². The molecule has 1 unspecified atom stereocenters. The summed E-state index contributed by atoms with van der Waals surface area (Å²) >= 11 is 0. The molecular weight excluding hydrogens is 262 g/mol. The van der Waals surface area contributed by atoms with Gasteiger partial charge in [-0.3, -0.25) is 0 Å². The molecule has 1 fully saturated rings. The van der Waals surface area contributed by atoms with Crippen molar-refractivity contribution in [3.63, 3.8) is 0 Å². The zero-order valence-corrected chi connectivity index (χ0v) is 13.0. The molecule has 3 heteroatoms. The van der Waals surface area contributed by atoms with E-state index in [0.29, 0.717) is 6.04 Å². The largest absolute Gasteiger partial charge is 0.497 e. The van der Waals surface area contributed by atoms with Crippen LogP contribution in [0.2, 0.25) is 0 Å². The van der Waals surface area contributed by atoms with Crippen LogP contribution in [0.5, 0.6) is 5.75 Å². The van der Waals surface area contributed by atoms with E-state index in [1.165, 1.54) is 30.4 Å². The third kappa shape index (κ3) is 3.58. The summed E-state index contributed by atoms with van der Waals surface area (Å²) in [6.07, 6.45) is 7.88. The smallest absolute Gasteiger partial charge is 0.119 e. The summed E-state index contributed by atoms with van der Waals surface area (Å²) in [5.41, 5.74) is 2.90. The molecule has 0 amide bonds. The number of ether oxygens (including phenoxy) is 1. The summed E-state index contributed by atoms with van der Waals surface area (Å²) in [4.78, 5) is 0. The number of aliphatic hydroxyl groups excluding tert-OH is 1. The Morgan fingerprint density at radius 1 is 1.19 bits per heavy atom. The van der Waals surface area contributed by atoms with Crippen molar-refractivity contribution in [3.05, 3.63) is 29.3 Å². The molecule has 21 heavy (non-hydrogen) atoms. The molecule has 2 aliphatic carbocycles. The maximum Gasteiger partial charge on any atom is 0.119 e. The molecule has 2 aliphatic rings. The molecule has 116 valence electrons. The van der Waals surface area contributed by atoms with E-state index >= 15 is 0 Å². The van der Waals surface area contributed by atoms with Crippen molar-refractivity contribution in [1.29, 1.82) is 0 Å². The summed E-state index contributed by atoms with van der Waals surface area (Å²) < 4.78 is 5.38. The van der Waals surface area contributed by atoms with Crippen molar-refractivity contribution < 1.29 is 9.84 Å². The second-order valence-electron chi connectivity index (χ2n) is 6.59. The van der Waals surface area contributed by atoms with Gasteiger partial charge in [-0.1, -0.05) is 6.07 Å². The van der Waals surface area contributed by atoms with Gasteiger partial charge < -0.3 is 15.2 Å². The van der Waals surface area contributed by atoms with Crippen molar-refractivity contribution in [2.45, 2.75) is 57.1 Å². The Labute approximate surface area is 127 Å². The Morgan fingerprint density at radius 3 is 2.76 bits per heavy atom. The van der Waals surface area contributed by atoms with Crippen molar-refractivity contribution >= 4 is 0 Å². The Morgan fingerprint density at radius 2 is 2.00 bits per heavy atom. The van der Waals surface area contributed by atoms with Crippen LogP contribution in [0.4, 0.5) is 0 Å². The van der Waals surface area contributed by atoms with Gasteiger partial charge in [0.05, 0.1) is 13.2 Å². The summed E-state index contributed by atoms with van der Waals surface area (Å²) in [5, 5.41) is 13.4. The molecular formula is C18H27NO2. The number of rotatable bonds is 4. The molecule has 1 atom stereocenters. The van der Waals surface area contributed by atoms with Gasteiger partial charge in [-0.15, -0.1) is 0 Å². The van der Waals surface area contributed by atoms with Gasteiger partial charge in [-0.2, -0.15) is 0 Å². The molecule has 3 nitrogen and oxygen atoms in total. The normalized spacial score (nSPS) is 29.0. The zero-order chi connectivity index (χ0) is 14.7. The van der Waals surface area contributed by atoms with Crippen molar-refractivity contribution in [2.75, 3.05) is 13.7 Å². The number of aliphatic hydroxyl groups is 1. The van der Waals surface area contributed by atoms with Crippen LogP contribution in [0.3, 0.4) is 0 Å². The molecule has 1 aromatic rings. The molecule has 3 rings (SSSR count). The van der Waals surface area contributed by atoms with Gasteiger partial charge in [0.15, 0.2) is 0 Å². The molecule has 1 aromatic carbocycles. The summed E-state index contributed by atoms with van der Waals surface area (Å²) in [6.45, 7) is 1.08. The van der Waals surface area contributed by atoms with E-state index in [1.54, 1.807) is 7.11 Å². The van der Waals surface area contributed by atoms with Crippen LogP contribution in [0.1, 0.15) is 55.7 Å². The minimum absolute atomic E-state index is 0.0547. The molecule has 1 saturated carbocycles. The number of fused-ring (bicyclic) bond motifs is 1. The Bertz CT molecular complexity index is 466. The molecule has 2 N–H and O–H groups in total. The molecule has 0 aromatic heterocycles. The SMILES string of the molecule is COc1ccc2c(c1)C(NCC1CCC(O)CC1)CCC2. The molecule has 0 radical (unpaired) electrons. The first kappa shape index (κ1) is 14.9. The van der Waals surface area contributed by atoms with Crippen molar-refractivity contribution in [1.82, 2.24) is 5.32 Å². The highest BCUT2D eigenvalue weighted by molar-refractivity contribution is 5.39. The lowest BCUT2D eigenvalue weighted by molar-refractivity contribution is 0.107. The third-order valence-electron chi connectivity index (χ3n) is 5.14. The van der Waals surface area contributed by atoms with E-state index in [-0.39, 0.29) is 6.10 Å². The fourth-order valence-corrected chi connectivity index (χ4v) is 3.77. The van der Waals surface area contributed by atoms with Gasteiger partial charge in [-0.25, -0.2) is 0 Å². The fourth-order valence-electron chi connectivity index (χ4n) is 3.77. The van der Waals surface area contributed by atoms with E-state index in [4.69, 9.17) is 4.74 Å². The second-order valence-corrected chi connectivity index (χ2v) is 6.59. The first-order valence-electron chi connectivity index (χ1n) is 8.34. The molecule has 0 heterocycles. The number of hydrogen-bond acceptors (Lipinski definition) is 3. The number of nitrogens with one attached hydrogen (secondary N) is 1. The third-order valence-corrected chi connectivity index (χ3v) is 5.14. The number of hydrogen-bond donors (Lipinski definition) is 2. The van der Waals surface area contributed by atoms with Gasteiger partial charge >= 0.3 is 0 Å². The van der Waals surface area contributed by atoms with Gasteiger partial charge in [0, 0.05) is 6.04 Å². The van der Waals surface area contributed by atoms with Crippen LogP contribution >= 0.6 is 0 Å². The van der Waals surface area contributed by atoms with E-state index in [9.17, 15) is 5.11 Å². The average Bonchev–Trinajstić information content (AvgIpc) is 2.54. The molecule has 0 bridgehead atoms. The first-order chi connectivity index (χ1) is 10.3. The highest BCUT2D eigenvalue weighted by atomic mass is 16.5. The minimum Gasteiger partial charge on any atom is -0.497 e. The van der Waals surface area contributed by atoms with Crippen LogP contribution in [0.25, 0.3) is 0 Å². The Balaban J connectivity index is 1.62. The lowest BCUT2D eigenvalue weighted by Crippen LogP contribution is -2.32. The van der Waals surface area contributed by atoms with Gasteiger partial charge in [0.1, 0.15) is 5.75 Å². The Kier molecular flexibility index (Phi) is 4.81. The molecule has 0 aliphatic heterocycles. The Hall–Kier alpha value is -1.06. The van der Waals surface area contributed by atoms with Gasteiger partial charge in [-0.05, 0) is 80.7 Å². The van der Waals surface area contributed by atoms with Crippen LogP contribution < -0.4 is 10.1 Å². The van der Waals surface area contributed by atoms with Crippen LogP contribution in [-0.2, 0) is 6.42 Å². The molecule has 0 saturated heterocycles. The fraction of sp³-hybridized carbons (Fsp3) is 0.667. The topological polar surface area (TPSA) is 41.5 Å². The number of methoxy groups -OCH3 is 1. The number of aryl methyl sites for hydroxylation is 1. The van der Waals surface area contributed by atoms with E-state index in [2.05, 4.69) is 23.5 Å². The minimum atomic E-state index is -0.0547. The second kappa shape index (κ2) is 6.80. The predicted octanol–water partition coefficient (Wildman–Crippen LogP) is 3.21. The highest BCUT2D eigenvalue weighted by Gasteiger charge is 2.23. The van der Waals surface area contributed by atoms with Gasteiger partial charge in [0.25, 0.3) is 0 Å².